The van der Waals surface area contributed by atoms with Crippen molar-refractivity contribution in [3.63, 3.8) is 0 Å². The third-order valence-corrected chi connectivity index (χ3v) is 8.62. The molecule has 2 aromatic carbocycles. The highest BCUT2D eigenvalue weighted by molar-refractivity contribution is 5.91. The van der Waals surface area contributed by atoms with E-state index in [1.165, 1.54) is 16.7 Å². The van der Waals surface area contributed by atoms with E-state index in [-0.39, 0.29) is 22.4 Å². The van der Waals surface area contributed by atoms with Crippen LogP contribution in [0.4, 0.5) is 0 Å². The molecule has 0 amide bonds. The van der Waals surface area contributed by atoms with Gasteiger partial charge in [-0.05, 0) is 67.5 Å². The molecule has 4 heteroatoms. The smallest absolute Gasteiger partial charge is 0.165 e. The number of phenolic OH excluding ortho intramolecular Hbond substituents is 1. The van der Waals surface area contributed by atoms with Gasteiger partial charge in [0.2, 0.25) is 0 Å². The van der Waals surface area contributed by atoms with E-state index in [1.807, 2.05) is 12.1 Å². The molecule has 2 N–H and O–H groups in total. The minimum absolute atomic E-state index is 0.0132. The third kappa shape index (κ3) is 2.19. The van der Waals surface area contributed by atoms with E-state index < -0.39 is 5.60 Å². The molecule has 1 saturated heterocycles. The van der Waals surface area contributed by atoms with Gasteiger partial charge < -0.3 is 10.2 Å². The number of ketones is 1. The fraction of sp³-hybridized carbons (Fsp3) is 0.480. The molecule has 6 rings (SSSR count). The zero-order valence-corrected chi connectivity index (χ0v) is 16.6. The summed E-state index contributed by atoms with van der Waals surface area (Å²) in [5, 5.41) is 21.5. The first kappa shape index (κ1) is 17.7. The quantitative estimate of drug-likeness (QED) is 0.827. The van der Waals surface area contributed by atoms with Crippen molar-refractivity contribution in [3.05, 3.63) is 65.2 Å². The van der Waals surface area contributed by atoms with Gasteiger partial charge in [-0.1, -0.05) is 36.4 Å². The maximum atomic E-state index is 13.1. The van der Waals surface area contributed by atoms with E-state index >= 15 is 0 Å². The zero-order chi connectivity index (χ0) is 19.9. The number of carbonyl (C=O) groups is 1. The van der Waals surface area contributed by atoms with E-state index in [2.05, 4.69) is 35.2 Å². The molecule has 0 radical (unpaired) electrons. The fourth-order valence-corrected chi connectivity index (χ4v) is 7.44. The fourth-order valence-electron chi connectivity index (χ4n) is 7.44. The molecule has 4 nitrogen and oxygen atoms in total. The van der Waals surface area contributed by atoms with E-state index in [0.717, 1.165) is 32.4 Å². The first-order valence-electron chi connectivity index (χ1n) is 10.8. The van der Waals surface area contributed by atoms with Gasteiger partial charge in [-0.2, -0.15) is 0 Å². The van der Waals surface area contributed by atoms with Crippen LogP contribution in [-0.2, 0) is 23.2 Å². The van der Waals surface area contributed by atoms with Crippen LogP contribution in [0.25, 0.3) is 0 Å². The molecule has 1 heterocycles. The van der Waals surface area contributed by atoms with Crippen molar-refractivity contribution in [2.75, 3.05) is 6.54 Å². The van der Waals surface area contributed by atoms with Gasteiger partial charge in [0.1, 0.15) is 11.4 Å². The Labute approximate surface area is 171 Å². The lowest BCUT2D eigenvalue weighted by Crippen LogP contribution is -2.71. The first-order chi connectivity index (χ1) is 14.0. The zero-order valence-electron chi connectivity index (χ0n) is 16.6. The summed E-state index contributed by atoms with van der Waals surface area (Å²) in [5.41, 5.74) is 2.20. The Morgan fingerprint density at radius 3 is 2.72 bits per heavy atom. The summed E-state index contributed by atoms with van der Waals surface area (Å²) >= 11 is 0. The maximum absolute atomic E-state index is 13.1. The number of aromatic hydroxyl groups is 1. The van der Waals surface area contributed by atoms with Crippen LogP contribution in [-0.4, -0.2) is 39.1 Å². The van der Waals surface area contributed by atoms with Crippen molar-refractivity contribution in [2.24, 2.45) is 5.41 Å². The molecular formula is C25H27NO3. The highest BCUT2D eigenvalue weighted by atomic mass is 16.3. The van der Waals surface area contributed by atoms with Gasteiger partial charge in [0.15, 0.2) is 5.78 Å². The van der Waals surface area contributed by atoms with Crippen molar-refractivity contribution < 1.29 is 15.0 Å². The Bertz CT molecular complexity index is 1000. The molecule has 4 aliphatic rings. The summed E-state index contributed by atoms with van der Waals surface area (Å²) in [5.74, 6) is 0.293. The predicted octanol–water partition coefficient (Wildman–Crippen LogP) is 3.33. The van der Waals surface area contributed by atoms with Crippen molar-refractivity contribution in [3.8, 4) is 5.75 Å². The molecule has 1 aliphatic heterocycles. The van der Waals surface area contributed by atoms with Gasteiger partial charge in [0, 0.05) is 29.8 Å². The molecule has 3 aliphatic carbocycles. The van der Waals surface area contributed by atoms with Gasteiger partial charge >= 0.3 is 0 Å². The number of nitrogens with zero attached hydrogens (tertiary/aromatic N) is 1. The van der Waals surface area contributed by atoms with E-state index in [0.29, 0.717) is 25.3 Å². The average Bonchev–Trinajstić information content (AvgIpc) is 2.97. The second-order valence-electron chi connectivity index (χ2n) is 9.83. The molecule has 1 spiro atoms. The number of fused-ring (bicyclic) bond motifs is 2. The average molecular weight is 389 g/mol. The Kier molecular flexibility index (Phi) is 3.48. The summed E-state index contributed by atoms with van der Waals surface area (Å²) in [6, 6.07) is 16.7. The number of piperidine rings is 1. The normalized spacial score (nSPS) is 37.8. The van der Waals surface area contributed by atoms with Crippen molar-refractivity contribution in [1.29, 1.82) is 0 Å². The predicted molar refractivity (Wildman–Crippen MR) is 110 cm³/mol. The molecule has 150 valence electrons. The molecule has 3 unspecified atom stereocenters. The van der Waals surface area contributed by atoms with E-state index in [9.17, 15) is 15.0 Å². The second kappa shape index (κ2) is 5.71. The summed E-state index contributed by atoms with van der Waals surface area (Å²) < 4.78 is 0. The highest BCUT2D eigenvalue weighted by Crippen LogP contribution is 2.69. The SMILES string of the molecule is O=C1CC23CCN(Cc4ccccc4)C4CC[C@]1(O)CC42Cc1ccc(O)cc13. The number of hydrogen-bond acceptors (Lipinski definition) is 4. The van der Waals surface area contributed by atoms with Crippen LogP contribution in [0.2, 0.25) is 0 Å². The van der Waals surface area contributed by atoms with Crippen LogP contribution in [0.3, 0.4) is 0 Å². The number of hydrogen-bond donors (Lipinski definition) is 2. The Morgan fingerprint density at radius 1 is 1.07 bits per heavy atom. The number of phenols is 1. The minimum atomic E-state index is -1.17. The summed E-state index contributed by atoms with van der Waals surface area (Å²) in [4.78, 5) is 15.7. The maximum Gasteiger partial charge on any atom is 0.165 e. The Balaban J connectivity index is 1.48. The van der Waals surface area contributed by atoms with Crippen LogP contribution in [0.1, 0.15) is 48.8 Å². The lowest BCUT2D eigenvalue weighted by Gasteiger charge is -2.65. The van der Waals surface area contributed by atoms with E-state index in [4.69, 9.17) is 0 Å². The number of benzene rings is 2. The number of likely N-dealkylation sites (tertiary alicyclic amines) is 1. The van der Waals surface area contributed by atoms with Crippen molar-refractivity contribution in [2.45, 2.75) is 62.1 Å². The van der Waals surface area contributed by atoms with Crippen molar-refractivity contribution in [1.82, 2.24) is 4.90 Å². The monoisotopic (exact) mass is 389 g/mol. The largest absolute Gasteiger partial charge is 0.508 e. The lowest BCUT2D eigenvalue weighted by molar-refractivity contribution is -0.188. The van der Waals surface area contributed by atoms with Gasteiger partial charge in [0.25, 0.3) is 0 Å². The molecule has 3 fully saturated rings. The molecular weight excluding hydrogens is 362 g/mol. The number of Topliss-reactive ketones (excluding diaryl/α,β-unsaturated/α-hetero) is 1. The van der Waals surface area contributed by atoms with Crippen LogP contribution >= 0.6 is 0 Å². The number of carbonyl (C=O) groups excluding carboxylic acids is 1. The minimum Gasteiger partial charge on any atom is -0.508 e. The molecule has 2 aromatic rings. The van der Waals surface area contributed by atoms with E-state index in [1.54, 1.807) is 6.07 Å². The third-order valence-electron chi connectivity index (χ3n) is 8.62. The summed E-state index contributed by atoms with van der Waals surface area (Å²) in [6.45, 7) is 1.86. The van der Waals surface area contributed by atoms with Crippen LogP contribution in [0, 0.1) is 5.41 Å². The molecule has 2 bridgehead atoms. The molecule has 4 atom stereocenters. The standard InChI is InChI=1S/C25H27NO3/c27-19-7-6-18-13-24-16-25(29)9-8-21(24)26(15-17-4-2-1-3-5-17)11-10-23(24,14-22(25)28)20(18)12-19/h1-7,12,21,27,29H,8-11,13-16H2/t21?,23?,24?,25-/m0/s1. The molecule has 2 saturated carbocycles. The van der Waals surface area contributed by atoms with Crippen LogP contribution in [0.5, 0.6) is 5.75 Å². The van der Waals surface area contributed by atoms with Crippen LogP contribution in [0.15, 0.2) is 48.5 Å². The van der Waals surface area contributed by atoms with Crippen LogP contribution < -0.4 is 0 Å². The number of rotatable bonds is 2. The van der Waals surface area contributed by atoms with Gasteiger partial charge in [-0.15, -0.1) is 0 Å². The second-order valence-corrected chi connectivity index (χ2v) is 9.83. The summed E-state index contributed by atoms with van der Waals surface area (Å²) in [6.07, 6.45) is 4.21. The van der Waals surface area contributed by atoms with Gasteiger partial charge in [0.05, 0.1) is 0 Å². The first-order valence-corrected chi connectivity index (χ1v) is 10.8. The number of aliphatic hydroxyl groups is 1. The van der Waals surface area contributed by atoms with Gasteiger partial charge in [-0.3, -0.25) is 9.69 Å². The Hall–Kier alpha value is -2.17. The van der Waals surface area contributed by atoms with Crippen molar-refractivity contribution >= 4 is 5.78 Å². The highest BCUT2D eigenvalue weighted by Gasteiger charge is 2.72. The van der Waals surface area contributed by atoms with Gasteiger partial charge in [-0.25, -0.2) is 0 Å². The topological polar surface area (TPSA) is 60.8 Å². The molecule has 29 heavy (non-hydrogen) atoms. The Morgan fingerprint density at radius 2 is 1.90 bits per heavy atom. The molecule has 0 aromatic heterocycles. The lowest BCUT2D eigenvalue weighted by atomic mass is 9.44. The summed E-state index contributed by atoms with van der Waals surface area (Å²) in [7, 11) is 0.